The maximum Gasteiger partial charge on any atom is 0.330 e. The molecule has 11 heavy (non-hydrogen) atoms. The molecule has 0 aliphatic carbocycles. The first-order valence-corrected chi connectivity index (χ1v) is 3.59. The molecule has 2 nitrogen and oxygen atoms in total. The Balaban J connectivity index is 3.55. The molecule has 0 aliphatic heterocycles. The third-order valence-corrected chi connectivity index (χ3v) is 1.02. The molecule has 62 valence electrons. The van der Waals surface area contributed by atoms with Gasteiger partial charge in [0.2, 0.25) is 0 Å². The van der Waals surface area contributed by atoms with E-state index in [0.717, 1.165) is 5.57 Å². The molecule has 0 aromatic rings. The summed E-state index contributed by atoms with van der Waals surface area (Å²) in [4.78, 5) is 10.7. The number of hydrogen-bond donors (Lipinski definition) is 0. The van der Waals surface area contributed by atoms with E-state index in [-0.39, 0.29) is 5.97 Å². The normalized spacial score (nSPS) is 9.73. The number of allylic oxidation sites excluding steroid dienone is 2. The van der Waals surface area contributed by atoms with Gasteiger partial charge in [0.25, 0.3) is 0 Å². The molecule has 0 amide bonds. The monoisotopic (exact) mass is 154 g/mol. The van der Waals surface area contributed by atoms with Crippen LogP contribution in [0.15, 0.2) is 23.8 Å². The number of esters is 1. The Morgan fingerprint density at radius 2 is 2.09 bits per heavy atom. The quantitative estimate of drug-likeness (QED) is 0.353. The molecule has 0 N–H and O–H groups in total. The Bertz CT molecular complexity index is 174. The SMILES string of the molecule is C/C=C/C(=O)OCC=C(C)C. The third kappa shape index (κ3) is 6.84. The fourth-order valence-electron chi connectivity index (χ4n) is 0.475. The van der Waals surface area contributed by atoms with Crippen molar-refractivity contribution in [2.24, 2.45) is 0 Å². The second kappa shape index (κ2) is 5.71. The van der Waals surface area contributed by atoms with Crippen LogP contribution in [0.1, 0.15) is 20.8 Å². The first-order valence-electron chi connectivity index (χ1n) is 3.59. The molecule has 0 aromatic heterocycles. The van der Waals surface area contributed by atoms with Crippen LogP contribution in [0.4, 0.5) is 0 Å². The summed E-state index contributed by atoms with van der Waals surface area (Å²) >= 11 is 0. The van der Waals surface area contributed by atoms with Gasteiger partial charge in [-0.2, -0.15) is 0 Å². The van der Waals surface area contributed by atoms with Crippen molar-refractivity contribution in [1.29, 1.82) is 0 Å². The zero-order valence-electron chi connectivity index (χ0n) is 7.26. The predicted octanol–water partition coefficient (Wildman–Crippen LogP) is 2.07. The van der Waals surface area contributed by atoms with Gasteiger partial charge in [-0.15, -0.1) is 0 Å². The molecule has 0 atom stereocenters. The summed E-state index contributed by atoms with van der Waals surface area (Å²) in [6, 6.07) is 0. The summed E-state index contributed by atoms with van der Waals surface area (Å²) in [6.07, 6.45) is 4.92. The summed E-state index contributed by atoms with van der Waals surface area (Å²) < 4.78 is 4.79. The van der Waals surface area contributed by atoms with Crippen molar-refractivity contribution < 1.29 is 9.53 Å². The number of hydrogen-bond acceptors (Lipinski definition) is 2. The lowest BCUT2D eigenvalue weighted by molar-refractivity contribution is -0.136. The highest BCUT2D eigenvalue weighted by molar-refractivity contribution is 5.81. The molecule has 0 saturated heterocycles. The van der Waals surface area contributed by atoms with Gasteiger partial charge in [0.15, 0.2) is 0 Å². The summed E-state index contributed by atoms with van der Waals surface area (Å²) in [6.45, 7) is 6.07. The molecule has 0 aliphatic rings. The Morgan fingerprint density at radius 3 is 2.55 bits per heavy atom. The van der Waals surface area contributed by atoms with Crippen LogP contribution in [-0.4, -0.2) is 12.6 Å². The number of carbonyl (C=O) groups excluding carboxylic acids is 1. The first kappa shape index (κ1) is 9.95. The van der Waals surface area contributed by atoms with Crippen LogP contribution < -0.4 is 0 Å². The Labute approximate surface area is 67.6 Å². The Morgan fingerprint density at radius 1 is 1.45 bits per heavy atom. The highest BCUT2D eigenvalue weighted by atomic mass is 16.5. The first-order chi connectivity index (χ1) is 5.16. The van der Waals surface area contributed by atoms with Gasteiger partial charge in [-0.25, -0.2) is 4.79 Å². The standard InChI is InChI=1S/C9H14O2/c1-4-5-9(10)11-7-6-8(2)3/h4-6H,7H2,1-3H3/b5-4+. The minimum absolute atomic E-state index is 0.287. The maximum absolute atomic E-state index is 10.7. The molecule has 0 rings (SSSR count). The molecular formula is C9H14O2. The lowest BCUT2D eigenvalue weighted by atomic mass is 10.3. The molecule has 2 heteroatoms. The zero-order chi connectivity index (χ0) is 8.69. The van der Waals surface area contributed by atoms with E-state index in [1.165, 1.54) is 6.08 Å². The Kier molecular flexibility index (Phi) is 5.17. The largest absolute Gasteiger partial charge is 0.458 e. The van der Waals surface area contributed by atoms with E-state index < -0.39 is 0 Å². The van der Waals surface area contributed by atoms with Gasteiger partial charge in [-0.3, -0.25) is 0 Å². The summed E-state index contributed by atoms with van der Waals surface area (Å²) in [7, 11) is 0. The van der Waals surface area contributed by atoms with Crippen LogP contribution in [0.25, 0.3) is 0 Å². The molecule has 0 saturated carbocycles. The van der Waals surface area contributed by atoms with Crippen molar-refractivity contribution in [1.82, 2.24) is 0 Å². The molecule has 0 spiro atoms. The van der Waals surface area contributed by atoms with E-state index in [4.69, 9.17) is 4.74 Å². The van der Waals surface area contributed by atoms with Gasteiger partial charge < -0.3 is 4.74 Å². The maximum atomic E-state index is 10.7. The van der Waals surface area contributed by atoms with Crippen LogP contribution in [0, 0.1) is 0 Å². The van der Waals surface area contributed by atoms with E-state index in [1.807, 2.05) is 19.9 Å². The van der Waals surface area contributed by atoms with E-state index in [0.29, 0.717) is 6.61 Å². The molecule has 0 unspecified atom stereocenters. The minimum atomic E-state index is -0.287. The molecule has 0 fully saturated rings. The fraction of sp³-hybridized carbons (Fsp3) is 0.444. The van der Waals surface area contributed by atoms with E-state index in [2.05, 4.69) is 0 Å². The van der Waals surface area contributed by atoms with E-state index in [9.17, 15) is 4.79 Å². The molecule has 0 aromatic carbocycles. The van der Waals surface area contributed by atoms with Crippen LogP contribution in [-0.2, 0) is 9.53 Å². The van der Waals surface area contributed by atoms with Crippen molar-refractivity contribution >= 4 is 5.97 Å². The van der Waals surface area contributed by atoms with Crippen molar-refractivity contribution in [2.45, 2.75) is 20.8 Å². The van der Waals surface area contributed by atoms with Gasteiger partial charge in [-0.05, 0) is 26.8 Å². The number of ether oxygens (including phenoxy) is 1. The van der Waals surface area contributed by atoms with Gasteiger partial charge in [0.05, 0.1) is 0 Å². The number of rotatable bonds is 3. The van der Waals surface area contributed by atoms with Crippen molar-refractivity contribution in [3.8, 4) is 0 Å². The summed E-state index contributed by atoms with van der Waals surface area (Å²) in [5, 5.41) is 0. The summed E-state index contributed by atoms with van der Waals surface area (Å²) in [5.41, 5.74) is 1.15. The second-order valence-corrected chi connectivity index (χ2v) is 2.41. The summed E-state index contributed by atoms with van der Waals surface area (Å²) in [5.74, 6) is -0.287. The van der Waals surface area contributed by atoms with E-state index >= 15 is 0 Å². The van der Waals surface area contributed by atoms with Crippen molar-refractivity contribution in [2.75, 3.05) is 6.61 Å². The highest BCUT2D eigenvalue weighted by Gasteiger charge is 1.91. The van der Waals surface area contributed by atoms with Gasteiger partial charge in [-0.1, -0.05) is 11.6 Å². The number of carbonyl (C=O) groups is 1. The zero-order valence-corrected chi connectivity index (χ0v) is 7.26. The topological polar surface area (TPSA) is 26.3 Å². The van der Waals surface area contributed by atoms with Crippen molar-refractivity contribution in [3.63, 3.8) is 0 Å². The smallest absolute Gasteiger partial charge is 0.330 e. The Hall–Kier alpha value is -1.05. The molecule has 0 heterocycles. The van der Waals surface area contributed by atoms with Crippen molar-refractivity contribution in [3.05, 3.63) is 23.8 Å². The van der Waals surface area contributed by atoms with E-state index in [1.54, 1.807) is 13.0 Å². The predicted molar refractivity (Wildman–Crippen MR) is 45.2 cm³/mol. The lowest BCUT2D eigenvalue weighted by Gasteiger charge is -1.96. The minimum Gasteiger partial charge on any atom is -0.458 e. The average molecular weight is 154 g/mol. The molecule has 0 radical (unpaired) electrons. The average Bonchev–Trinajstić information content (AvgIpc) is 1.87. The third-order valence-electron chi connectivity index (χ3n) is 1.02. The molecule has 0 bridgehead atoms. The fourth-order valence-corrected chi connectivity index (χ4v) is 0.475. The van der Waals surface area contributed by atoms with Crippen LogP contribution >= 0.6 is 0 Å². The van der Waals surface area contributed by atoms with Gasteiger partial charge in [0, 0.05) is 6.08 Å². The van der Waals surface area contributed by atoms with Crippen LogP contribution in [0.2, 0.25) is 0 Å². The highest BCUT2D eigenvalue weighted by Crippen LogP contribution is 1.89. The van der Waals surface area contributed by atoms with Gasteiger partial charge >= 0.3 is 5.97 Å². The lowest BCUT2D eigenvalue weighted by Crippen LogP contribution is -1.99. The van der Waals surface area contributed by atoms with Crippen LogP contribution in [0.3, 0.4) is 0 Å². The van der Waals surface area contributed by atoms with Gasteiger partial charge in [0.1, 0.15) is 6.61 Å². The molecular weight excluding hydrogens is 140 g/mol. The van der Waals surface area contributed by atoms with Crippen LogP contribution in [0.5, 0.6) is 0 Å². The second-order valence-electron chi connectivity index (χ2n) is 2.41.